The maximum absolute atomic E-state index is 12.1. The summed E-state index contributed by atoms with van der Waals surface area (Å²) >= 11 is 0. The summed E-state index contributed by atoms with van der Waals surface area (Å²) in [4.78, 5) is 11.6. The molecule has 2 N–H and O–H groups in total. The molecule has 4 nitrogen and oxygen atoms in total. The van der Waals surface area contributed by atoms with Crippen molar-refractivity contribution in [2.45, 2.75) is 64.3 Å². The van der Waals surface area contributed by atoms with Crippen molar-refractivity contribution in [3.63, 3.8) is 0 Å². The van der Waals surface area contributed by atoms with Crippen molar-refractivity contribution in [1.82, 2.24) is 10.6 Å². The van der Waals surface area contributed by atoms with Gasteiger partial charge in [-0.3, -0.25) is 0 Å². The van der Waals surface area contributed by atoms with Crippen LogP contribution in [0.2, 0.25) is 0 Å². The van der Waals surface area contributed by atoms with E-state index in [-0.39, 0.29) is 18.5 Å². The molecule has 0 heterocycles. The minimum Gasteiger partial charge on any atom is -0.444 e. The van der Waals surface area contributed by atoms with E-state index in [4.69, 9.17) is 4.74 Å². The number of rotatable bonds is 5. The number of alkyl carbamates (subject to hydrolysis) is 1. The van der Waals surface area contributed by atoms with Crippen LogP contribution < -0.4 is 10.6 Å². The Morgan fingerprint density at radius 1 is 1.24 bits per heavy atom. The Kier molecular flexibility index (Phi) is 6.31. The lowest BCUT2D eigenvalue weighted by atomic mass is 10.0. The molecule has 1 aliphatic carbocycles. The van der Waals surface area contributed by atoms with E-state index in [0.29, 0.717) is 6.54 Å². The van der Waals surface area contributed by atoms with Crippen LogP contribution >= 0.6 is 0 Å². The molecule has 0 bridgehead atoms. The molecule has 21 heavy (non-hydrogen) atoms. The van der Waals surface area contributed by atoms with Gasteiger partial charge in [0.1, 0.15) is 5.60 Å². The van der Waals surface area contributed by atoms with Crippen LogP contribution in [0, 0.1) is 5.92 Å². The number of hydrogen-bond donors (Lipinski definition) is 2. The molecule has 0 spiro atoms. The van der Waals surface area contributed by atoms with Crippen LogP contribution in [0.5, 0.6) is 0 Å². The summed E-state index contributed by atoms with van der Waals surface area (Å²) in [6, 6.07) is 0.0299. The highest BCUT2D eigenvalue weighted by Crippen LogP contribution is 2.26. The number of amides is 1. The number of alkyl halides is 3. The molecule has 1 aliphatic rings. The van der Waals surface area contributed by atoms with Gasteiger partial charge in [0.2, 0.25) is 0 Å². The molecule has 0 saturated heterocycles. The van der Waals surface area contributed by atoms with Crippen LogP contribution in [0.3, 0.4) is 0 Å². The van der Waals surface area contributed by atoms with Gasteiger partial charge in [0.25, 0.3) is 0 Å². The van der Waals surface area contributed by atoms with Gasteiger partial charge in [-0.2, -0.15) is 13.2 Å². The van der Waals surface area contributed by atoms with Gasteiger partial charge in [-0.25, -0.2) is 4.79 Å². The first kappa shape index (κ1) is 18.1. The molecule has 0 aromatic heterocycles. The quantitative estimate of drug-likeness (QED) is 0.820. The standard InChI is InChI=1S/C14H25F3N2O2/c1-13(2,3)21-12(20)19-9-10-5-4-6-11(10)18-8-7-14(15,16)17/h10-11,18H,4-9H2,1-3H3,(H,19,20). The topological polar surface area (TPSA) is 50.4 Å². The zero-order chi connectivity index (χ0) is 16.1. The van der Waals surface area contributed by atoms with Gasteiger partial charge in [-0.05, 0) is 39.5 Å². The van der Waals surface area contributed by atoms with E-state index in [0.717, 1.165) is 19.3 Å². The number of ether oxygens (including phenoxy) is 1. The maximum atomic E-state index is 12.1. The zero-order valence-electron chi connectivity index (χ0n) is 12.8. The van der Waals surface area contributed by atoms with Gasteiger partial charge in [0, 0.05) is 19.1 Å². The number of carbonyl (C=O) groups excluding carboxylic acids is 1. The van der Waals surface area contributed by atoms with Crippen molar-refractivity contribution in [3.8, 4) is 0 Å². The Bertz CT molecular complexity index is 340. The summed E-state index contributed by atoms with van der Waals surface area (Å²) < 4.78 is 41.5. The predicted octanol–water partition coefficient (Wildman–Crippen LogP) is 3.22. The fourth-order valence-corrected chi connectivity index (χ4v) is 2.48. The van der Waals surface area contributed by atoms with E-state index >= 15 is 0 Å². The number of nitrogens with one attached hydrogen (secondary N) is 2. The molecule has 1 fully saturated rings. The van der Waals surface area contributed by atoms with Gasteiger partial charge < -0.3 is 15.4 Å². The molecule has 1 saturated carbocycles. The highest BCUT2D eigenvalue weighted by molar-refractivity contribution is 5.67. The lowest BCUT2D eigenvalue weighted by Crippen LogP contribution is -2.41. The molecule has 2 unspecified atom stereocenters. The number of carbonyl (C=O) groups is 1. The van der Waals surface area contributed by atoms with Crippen LogP contribution in [0.4, 0.5) is 18.0 Å². The summed E-state index contributed by atoms with van der Waals surface area (Å²) in [6.07, 6.45) is -2.73. The molecule has 1 rings (SSSR count). The lowest BCUT2D eigenvalue weighted by Gasteiger charge is -2.24. The van der Waals surface area contributed by atoms with E-state index in [2.05, 4.69) is 10.6 Å². The van der Waals surface area contributed by atoms with E-state index in [1.54, 1.807) is 20.8 Å². The second-order valence-corrected chi connectivity index (χ2v) is 6.50. The van der Waals surface area contributed by atoms with Crippen molar-refractivity contribution in [2.75, 3.05) is 13.1 Å². The van der Waals surface area contributed by atoms with Gasteiger partial charge in [-0.1, -0.05) is 6.42 Å². The van der Waals surface area contributed by atoms with E-state index in [1.807, 2.05) is 0 Å². The first-order valence-corrected chi connectivity index (χ1v) is 7.34. The molecule has 0 aromatic carbocycles. The first-order valence-electron chi connectivity index (χ1n) is 7.34. The first-order chi connectivity index (χ1) is 9.57. The Balaban J connectivity index is 2.29. The highest BCUT2D eigenvalue weighted by atomic mass is 19.4. The fraction of sp³-hybridized carbons (Fsp3) is 0.929. The van der Waals surface area contributed by atoms with Crippen molar-refractivity contribution in [1.29, 1.82) is 0 Å². The molecular formula is C14H25F3N2O2. The van der Waals surface area contributed by atoms with Crippen molar-refractivity contribution in [2.24, 2.45) is 5.92 Å². The Morgan fingerprint density at radius 2 is 1.90 bits per heavy atom. The Morgan fingerprint density at radius 3 is 2.48 bits per heavy atom. The second kappa shape index (κ2) is 7.33. The van der Waals surface area contributed by atoms with Crippen LogP contribution in [0.1, 0.15) is 46.5 Å². The third-order valence-corrected chi connectivity index (χ3v) is 3.38. The summed E-state index contributed by atoms with van der Waals surface area (Å²) in [7, 11) is 0. The maximum Gasteiger partial charge on any atom is 0.407 e. The average molecular weight is 310 g/mol. The molecule has 0 radical (unpaired) electrons. The smallest absolute Gasteiger partial charge is 0.407 e. The zero-order valence-corrected chi connectivity index (χ0v) is 12.8. The third-order valence-electron chi connectivity index (χ3n) is 3.38. The molecule has 7 heteroatoms. The minimum absolute atomic E-state index is 0.0299. The van der Waals surface area contributed by atoms with Gasteiger partial charge in [0.15, 0.2) is 0 Å². The van der Waals surface area contributed by atoms with E-state index < -0.39 is 24.3 Å². The van der Waals surface area contributed by atoms with Gasteiger partial charge in [0.05, 0.1) is 6.42 Å². The second-order valence-electron chi connectivity index (χ2n) is 6.50. The summed E-state index contributed by atoms with van der Waals surface area (Å²) in [6.45, 7) is 5.70. The highest BCUT2D eigenvalue weighted by Gasteiger charge is 2.30. The van der Waals surface area contributed by atoms with E-state index in [1.165, 1.54) is 0 Å². The molecular weight excluding hydrogens is 285 g/mol. The van der Waals surface area contributed by atoms with Gasteiger partial charge in [-0.15, -0.1) is 0 Å². The summed E-state index contributed by atoms with van der Waals surface area (Å²) in [5.41, 5.74) is -0.551. The van der Waals surface area contributed by atoms with Crippen LogP contribution in [0.15, 0.2) is 0 Å². The fourth-order valence-electron chi connectivity index (χ4n) is 2.48. The molecule has 0 aliphatic heterocycles. The number of hydrogen-bond acceptors (Lipinski definition) is 3. The summed E-state index contributed by atoms with van der Waals surface area (Å²) in [5, 5.41) is 5.64. The average Bonchev–Trinajstić information content (AvgIpc) is 2.70. The largest absolute Gasteiger partial charge is 0.444 e. The third kappa shape index (κ3) is 8.14. The monoisotopic (exact) mass is 310 g/mol. The normalized spacial score (nSPS) is 23.1. The van der Waals surface area contributed by atoms with Crippen molar-refractivity contribution in [3.05, 3.63) is 0 Å². The lowest BCUT2D eigenvalue weighted by molar-refractivity contribution is -0.133. The van der Waals surface area contributed by atoms with Crippen LogP contribution in [-0.2, 0) is 4.74 Å². The van der Waals surface area contributed by atoms with Crippen LogP contribution in [0.25, 0.3) is 0 Å². The SMILES string of the molecule is CC(C)(C)OC(=O)NCC1CCCC1NCCC(F)(F)F. The van der Waals surface area contributed by atoms with Crippen molar-refractivity contribution < 1.29 is 22.7 Å². The van der Waals surface area contributed by atoms with E-state index in [9.17, 15) is 18.0 Å². The van der Waals surface area contributed by atoms with Gasteiger partial charge >= 0.3 is 12.3 Å². The molecule has 124 valence electrons. The Labute approximate surface area is 123 Å². The molecule has 2 atom stereocenters. The van der Waals surface area contributed by atoms with Crippen molar-refractivity contribution >= 4 is 6.09 Å². The minimum atomic E-state index is -4.13. The summed E-state index contributed by atoms with van der Waals surface area (Å²) in [5.74, 6) is 0.158. The predicted molar refractivity (Wildman–Crippen MR) is 74.0 cm³/mol. The Hall–Kier alpha value is -0.980. The molecule has 0 aromatic rings. The molecule has 1 amide bonds. The number of halogens is 3. The van der Waals surface area contributed by atoms with Crippen LogP contribution in [-0.4, -0.2) is 37.0 Å².